The summed E-state index contributed by atoms with van der Waals surface area (Å²) >= 11 is 0. The first-order valence-electron chi connectivity index (χ1n) is 9.33. The zero-order chi connectivity index (χ0) is 16.9. The van der Waals surface area contributed by atoms with Gasteiger partial charge >= 0.3 is 5.97 Å². The average Bonchev–Trinajstić information content (AvgIpc) is 2.97. The molecule has 3 aliphatic carbocycles. The van der Waals surface area contributed by atoms with E-state index in [0.717, 1.165) is 30.9 Å². The number of hydrogen-bond acceptors (Lipinski definition) is 3. The van der Waals surface area contributed by atoms with Crippen LogP contribution < -0.4 is 4.74 Å². The number of methoxy groups -OCH3 is 2. The van der Waals surface area contributed by atoms with Crippen molar-refractivity contribution < 1.29 is 14.3 Å². The molecule has 0 saturated heterocycles. The molecule has 3 heteroatoms. The number of benzene rings is 1. The molecule has 1 aromatic rings. The Morgan fingerprint density at radius 1 is 1.17 bits per heavy atom. The minimum Gasteiger partial charge on any atom is -0.497 e. The van der Waals surface area contributed by atoms with Crippen molar-refractivity contribution >= 4 is 5.97 Å². The van der Waals surface area contributed by atoms with Gasteiger partial charge in [-0.05, 0) is 85.0 Å². The van der Waals surface area contributed by atoms with Crippen molar-refractivity contribution in [2.24, 2.45) is 23.2 Å². The molecule has 2 fully saturated rings. The molecule has 2 saturated carbocycles. The Bertz CT molecular complexity index is 652. The third kappa shape index (κ3) is 2.20. The number of aryl methyl sites for hydroxylation is 1. The van der Waals surface area contributed by atoms with Gasteiger partial charge in [-0.25, -0.2) is 0 Å². The zero-order valence-corrected chi connectivity index (χ0v) is 15.0. The summed E-state index contributed by atoms with van der Waals surface area (Å²) in [6.45, 7) is 2.35. The molecular weight excluding hydrogens is 300 g/mol. The smallest absolute Gasteiger partial charge is 0.309 e. The molecule has 0 aromatic heterocycles. The minimum absolute atomic E-state index is 0.0133. The van der Waals surface area contributed by atoms with Crippen LogP contribution in [0.2, 0.25) is 0 Å². The van der Waals surface area contributed by atoms with E-state index in [1.54, 1.807) is 7.11 Å². The summed E-state index contributed by atoms with van der Waals surface area (Å²) in [7, 11) is 3.28. The van der Waals surface area contributed by atoms with E-state index in [-0.39, 0.29) is 17.3 Å². The van der Waals surface area contributed by atoms with Crippen molar-refractivity contribution in [3.63, 3.8) is 0 Å². The molecule has 4 rings (SSSR count). The van der Waals surface area contributed by atoms with Gasteiger partial charge in [0.05, 0.1) is 20.1 Å². The Balaban J connectivity index is 1.64. The van der Waals surface area contributed by atoms with Crippen LogP contribution in [0.4, 0.5) is 0 Å². The molecule has 3 aliphatic rings. The van der Waals surface area contributed by atoms with Crippen molar-refractivity contribution in [1.82, 2.24) is 0 Å². The van der Waals surface area contributed by atoms with Crippen LogP contribution in [-0.2, 0) is 16.0 Å². The Hall–Kier alpha value is -1.51. The lowest BCUT2D eigenvalue weighted by Gasteiger charge is -2.50. The van der Waals surface area contributed by atoms with Gasteiger partial charge in [0.2, 0.25) is 0 Å². The van der Waals surface area contributed by atoms with Gasteiger partial charge < -0.3 is 9.47 Å². The van der Waals surface area contributed by atoms with Crippen molar-refractivity contribution in [2.45, 2.75) is 51.4 Å². The molecule has 0 bridgehead atoms. The largest absolute Gasteiger partial charge is 0.497 e. The normalized spacial score (nSPS) is 37.1. The van der Waals surface area contributed by atoms with Crippen molar-refractivity contribution in [3.05, 3.63) is 29.3 Å². The minimum atomic E-state index is 0.0133. The molecule has 130 valence electrons. The van der Waals surface area contributed by atoms with E-state index >= 15 is 0 Å². The van der Waals surface area contributed by atoms with Crippen molar-refractivity contribution in [2.75, 3.05) is 14.2 Å². The first-order valence-corrected chi connectivity index (χ1v) is 9.33. The van der Waals surface area contributed by atoms with Crippen LogP contribution in [0.3, 0.4) is 0 Å². The van der Waals surface area contributed by atoms with E-state index in [1.165, 1.54) is 37.5 Å². The van der Waals surface area contributed by atoms with Gasteiger partial charge in [-0.3, -0.25) is 4.79 Å². The molecule has 0 amide bonds. The lowest BCUT2D eigenvalue weighted by molar-refractivity contribution is -0.151. The summed E-state index contributed by atoms with van der Waals surface area (Å²) in [4.78, 5) is 12.3. The predicted molar refractivity (Wildman–Crippen MR) is 93.1 cm³/mol. The van der Waals surface area contributed by atoms with E-state index in [9.17, 15) is 4.79 Å². The molecule has 1 aromatic carbocycles. The standard InChI is InChI=1S/C21H28O3/c1-21-11-10-16-15-7-5-14(23-2)12-13(15)4-6-17(16)18(21)8-9-19(21)20(22)24-3/h5,7,12,16-19H,4,6,8-11H2,1-3H3/t16-,17-,18+,19-,21+/m1/s1. The summed E-state index contributed by atoms with van der Waals surface area (Å²) < 4.78 is 10.5. The number of rotatable bonds is 2. The Morgan fingerprint density at radius 2 is 2.00 bits per heavy atom. The molecule has 0 N–H and O–H groups in total. The van der Waals surface area contributed by atoms with Crippen molar-refractivity contribution in [1.29, 1.82) is 0 Å². The highest BCUT2D eigenvalue weighted by molar-refractivity contribution is 5.74. The second-order valence-electron chi connectivity index (χ2n) is 8.18. The van der Waals surface area contributed by atoms with Crippen LogP contribution in [0, 0.1) is 23.2 Å². The topological polar surface area (TPSA) is 35.5 Å². The fraction of sp³-hybridized carbons (Fsp3) is 0.667. The van der Waals surface area contributed by atoms with E-state index in [1.807, 2.05) is 0 Å². The third-order valence-corrected chi connectivity index (χ3v) is 7.42. The lowest BCUT2D eigenvalue weighted by Crippen LogP contribution is -2.44. The molecular formula is C21H28O3. The number of ether oxygens (including phenoxy) is 2. The number of carbonyl (C=O) groups excluding carboxylic acids is 1. The zero-order valence-electron chi connectivity index (χ0n) is 15.0. The van der Waals surface area contributed by atoms with Gasteiger partial charge in [0, 0.05) is 0 Å². The van der Waals surface area contributed by atoms with Crippen LogP contribution in [0.15, 0.2) is 18.2 Å². The molecule has 0 spiro atoms. The molecule has 3 nitrogen and oxygen atoms in total. The summed E-state index contributed by atoms with van der Waals surface area (Å²) in [5.41, 5.74) is 3.15. The quantitative estimate of drug-likeness (QED) is 0.758. The fourth-order valence-electron chi connectivity index (χ4n) is 6.22. The second kappa shape index (κ2) is 5.79. The summed E-state index contributed by atoms with van der Waals surface area (Å²) in [6, 6.07) is 6.63. The summed E-state index contributed by atoms with van der Waals surface area (Å²) in [5, 5.41) is 0. The maximum atomic E-state index is 12.3. The first kappa shape index (κ1) is 16.0. The molecule has 0 heterocycles. The maximum Gasteiger partial charge on any atom is 0.309 e. The van der Waals surface area contributed by atoms with Gasteiger partial charge in [-0.1, -0.05) is 13.0 Å². The number of esters is 1. The van der Waals surface area contributed by atoms with Crippen LogP contribution >= 0.6 is 0 Å². The molecule has 0 aliphatic heterocycles. The summed E-state index contributed by atoms with van der Waals surface area (Å²) in [5.74, 6) is 3.13. The van der Waals surface area contributed by atoms with E-state index in [0.29, 0.717) is 11.8 Å². The van der Waals surface area contributed by atoms with Crippen LogP contribution in [0.1, 0.15) is 56.1 Å². The van der Waals surface area contributed by atoms with Gasteiger partial charge in [-0.2, -0.15) is 0 Å². The van der Waals surface area contributed by atoms with Gasteiger partial charge in [0.1, 0.15) is 5.75 Å². The maximum absolute atomic E-state index is 12.3. The SMILES string of the molecule is COC(=O)[C@H]1CC[C@H]2[C@@H]3CCc4cc(OC)ccc4[C@H]3CC[C@]12C. The Kier molecular flexibility index (Phi) is 3.85. The first-order chi connectivity index (χ1) is 11.6. The van der Waals surface area contributed by atoms with Crippen molar-refractivity contribution in [3.8, 4) is 5.75 Å². The number of carbonyl (C=O) groups is 1. The van der Waals surface area contributed by atoms with Crippen LogP contribution in [0.25, 0.3) is 0 Å². The number of hydrogen-bond donors (Lipinski definition) is 0. The highest BCUT2D eigenvalue weighted by Crippen LogP contribution is 2.63. The predicted octanol–water partition coefficient (Wildman–Crippen LogP) is 4.34. The number of fused-ring (bicyclic) bond motifs is 5. The van der Waals surface area contributed by atoms with Crippen LogP contribution in [-0.4, -0.2) is 20.2 Å². The monoisotopic (exact) mass is 328 g/mol. The molecule has 0 radical (unpaired) electrons. The molecule has 0 unspecified atom stereocenters. The Labute approximate surface area is 144 Å². The molecule has 24 heavy (non-hydrogen) atoms. The highest BCUT2D eigenvalue weighted by atomic mass is 16.5. The van der Waals surface area contributed by atoms with Crippen LogP contribution in [0.5, 0.6) is 5.75 Å². The fourth-order valence-corrected chi connectivity index (χ4v) is 6.22. The average molecular weight is 328 g/mol. The van der Waals surface area contributed by atoms with E-state index in [4.69, 9.17) is 9.47 Å². The Morgan fingerprint density at radius 3 is 2.75 bits per heavy atom. The molecule has 5 atom stereocenters. The van der Waals surface area contributed by atoms with E-state index < -0.39 is 0 Å². The highest BCUT2D eigenvalue weighted by Gasteiger charge is 2.57. The van der Waals surface area contributed by atoms with Gasteiger partial charge in [0.15, 0.2) is 0 Å². The third-order valence-electron chi connectivity index (χ3n) is 7.42. The van der Waals surface area contributed by atoms with E-state index in [2.05, 4.69) is 25.1 Å². The second-order valence-corrected chi connectivity index (χ2v) is 8.18. The summed E-state index contributed by atoms with van der Waals surface area (Å²) in [6.07, 6.45) is 6.92. The van der Waals surface area contributed by atoms with Gasteiger partial charge in [0.25, 0.3) is 0 Å². The lowest BCUT2D eigenvalue weighted by atomic mass is 9.54. The van der Waals surface area contributed by atoms with Gasteiger partial charge in [-0.15, -0.1) is 0 Å².